The van der Waals surface area contributed by atoms with Gasteiger partial charge in [-0.15, -0.1) is 5.06 Å². The highest BCUT2D eigenvalue weighted by molar-refractivity contribution is 6.20. The number of hydroxylamine groups is 2. The molecule has 0 radical (unpaired) electrons. The molecule has 1 aromatic carbocycles. The lowest BCUT2D eigenvalue weighted by molar-refractivity contribution is -0.117. The summed E-state index contributed by atoms with van der Waals surface area (Å²) < 4.78 is 0. The molecule has 2 amide bonds. The van der Waals surface area contributed by atoms with Gasteiger partial charge in [0.15, 0.2) is 0 Å². The van der Waals surface area contributed by atoms with Gasteiger partial charge in [-0.2, -0.15) is 0 Å². The molecule has 1 aromatic rings. The predicted octanol–water partition coefficient (Wildman–Crippen LogP) is 2.57. The van der Waals surface area contributed by atoms with Crippen LogP contribution in [0.2, 0.25) is 0 Å². The average Bonchev–Trinajstić information content (AvgIpc) is 2.64. The van der Waals surface area contributed by atoms with Gasteiger partial charge < -0.3 is 0 Å². The molecule has 2 rings (SSSR count). The van der Waals surface area contributed by atoms with Crippen molar-refractivity contribution in [2.24, 2.45) is 0 Å². The fourth-order valence-corrected chi connectivity index (χ4v) is 1.86. The summed E-state index contributed by atoms with van der Waals surface area (Å²) in [5.74, 6) is -0.780. The van der Waals surface area contributed by atoms with Crippen molar-refractivity contribution in [3.8, 4) is 0 Å². The lowest BCUT2D eigenvalue weighted by Crippen LogP contribution is -2.33. The summed E-state index contributed by atoms with van der Waals surface area (Å²) in [6.45, 7) is 3.80. The van der Waals surface area contributed by atoms with E-state index in [1.54, 1.807) is 24.3 Å². The number of nitrogens with zero attached hydrogens (tertiary/aromatic N) is 1. The number of amides is 2. The van der Waals surface area contributed by atoms with Crippen LogP contribution >= 0.6 is 0 Å². The minimum atomic E-state index is -0.390. The van der Waals surface area contributed by atoms with E-state index in [2.05, 4.69) is 0 Å². The van der Waals surface area contributed by atoms with Gasteiger partial charge in [-0.05, 0) is 25.5 Å². The summed E-state index contributed by atoms with van der Waals surface area (Å²) in [5.41, 5.74) is 0.802. The molecule has 0 aromatic heterocycles. The molecule has 0 spiro atoms. The minimum Gasteiger partial charge on any atom is -0.266 e. The maximum absolute atomic E-state index is 12.0. The van der Waals surface area contributed by atoms with Crippen molar-refractivity contribution >= 4 is 11.8 Å². The molecule has 0 unspecified atom stereocenters. The zero-order chi connectivity index (χ0) is 13.1. The predicted molar refractivity (Wildman–Crippen MR) is 66.9 cm³/mol. The Morgan fingerprint density at radius 2 is 1.78 bits per heavy atom. The molecule has 0 aliphatic carbocycles. The Hall–Kier alpha value is -1.94. The Kier molecular flexibility index (Phi) is 3.58. The summed E-state index contributed by atoms with van der Waals surface area (Å²) in [4.78, 5) is 29.5. The summed E-state index contributed by atoms with van der Waals surface area (Å²) in [6, 6.07) is 6.73. The maximum Gasteiger partial charge on any atom is 0.285 e. The second-order valence-corrected chi connectivity index (χ2v) is 4.03. The lowest BCUT2D eigenvalue weighted by atomic mass is 10.1. The fraction of sp³-hybridized carbons (Fsp3) is 0.286. The van der Waals surface area contributed by atoms with Crippen LogP contribution in [0, 0.1) is 0 Å². The number of allylic oxidation sites excluding steroid dienone is 1. The van der Waals surface area contributed by atoms with Gasteiger partial charge in [0.25, 0.3) is 11.8 Å². The number of rotatable bonds is 4. The largest absolute Gasteiger partial charge is 0.285 e. The number of hydrogen-bond acceptors (Lipinski definition) is 3. The van der Waals surface area contributed by atoms with E-state index in [9.17, 15) is 9.59 Å². The second kappa shape index (κ2) is 5.14. The fourth-order valence-electron chi connectivity index (χ4n) is 1.86. The van der Waals surface area contributed by atoms with Gasteiger partial charge in [0.2, 0.25) is 0 Å². The van der Waals surface area contributed by atoms with Crippen LogP contribution in [0.15, 0.2) is 36.4 Å². The van der Waals surface area contributed by atoms with Crippen LogP contribution in [0.3, 0.4) is 0 Å². The summed E-state index contributed by atoms with van der Waals surface area (Å²) in [5, 5.41) is 0.860. The molecule has 0 N–H and O–H groups in total. The molecule has 0 bridgehead atoms. The van der Waals surface area contributed by atoms with Gasteiger partial charge in [-0.25, -0.2) is 0 Å². The SMILES string of the molecule is C/C=C/[C@@H](CC)ON1C(=O)c2ccccc2C1=O. The maximum atomic E-state index is 12.0. The summed E-state index contributed by atoms with van der Waals surface area (Å²) in [6.07, 6.45) is 4.09. The first-order chi connectivity index (χ1) is 8.69. The molecule has 0 saturated heterocycles. The van der Waals surface area contributed by atoms with Gasteiger partial charge in [0.05, 0.1) is 11.1 Å². The highest BCUT2D eigenvalue weighted by atomic mass is 16.7. The molecule has 4 nitrogen and oxygen atoms in total. The molecular formula is C14H15NO3. The third kappa shape index (κ3) is 2.07. The van der Waals surface area contributed by atoms with Gasteiger partial charge in [-0.3, -0.25) is 14.4 Å². The third-order valence-corrected chi connectivity index (χ3v) is 2.81. The van der Waals surface area contributed by atoms with Crippen molar-refractivity contribution < 1.29 is 14.4 Å². The zero-order valence-electron chi connectivity index (χ0n) is 10.4. The Morgan fingerprint density at radius 3 is 2.22 bits per heavy atom. The topological polar surface area (TPSA) is 46.6 Å². The van der Waals surface area contributed by atoms with Crippen molar-refractivity contribution in [1.82, 2.24) is 5.06 Å². The first-order valence-corrected chi connectivity index (χ1v) is 5.96. The molecule has 1 heterocycles. The van der Waals surface area contributed by atoms with Crippen LogP contribution < -0.4 is 0 Å². The van der Waals surface area contributed by atoms with E-state index in [0.29, 0.717) is 17.5 Å². The number of imide groups is 1. The Labute approximate surface area is 106 Å². The number of hydrogen-bond donors (Lipinski definition) is 0. The molecule has 1 aliphatic rings. The highest BCUT2D eigenvalue weighted by Crippen LogP contribution is 2.23. The van der Waals surface area contributed by atoms with Crippen LogP contribution in [0.25, 0.3) is 0 Å². The third-order valence-electron chi connectivity index (χ3n) is 2.81. The van der Waals surface area contributed by atoms with Gasteiger partial charge in [0, 0.05) is 0 Å². The molecule has 18 heavy (non-hydrogen) atoms. The number of carbonyl (C=O) groups excluding carboxylic acids is 2. The van der Waals surface area contributed by atoms with E-state index in [1.807, 2.05) is 26.0 Å². The van der Waals surface area contributed by atoms with E-state index in [4.69, 9.17) is 4.84 Å². The van der Waals surface area contributed by atoms with E-state index in [0.717, 1.165) is 5.06 Å². The highest BCUT2D eigenvalue weighted by Gasteiger charge is 2.37. The number of fused-ring (bicyclic) bond motifs is 1. The van der Waals surface area contributed by atoms with Gasteiger partial charge in [-0.1, -0.05) is 31.2 Å². The van der Waals surface area contributed by atoms with Crippen molar-refractivity contribution in [3.63, 3.8) is 0 Å². The van der Waals surface area contributed by atoms with Crippen molar-refractivity contribution in [2.45, 2.75) is 26.4 Å². The summed E-state index contributed by atoms with van der Waals surface area (Å²) in [7, 11) is 0. The van der Waals surface area contributed by atoms with E-state index in [-0.39, 0.29) is 6.10 Å². The molecule has 1 aliphatic heterocycles. The van der Waals surface area contributed by atoms with E-state index < -0.39 is 11.8 Å². The van der Waals surface area contributed by atoms with Crippen LogP contribution in [0.5, 0.6) is 0 Å². The Morgan fingerprint density at radius 1 is 1.22 bits per heavy atom. The first-order valence-electron chi connectivity index (χ1n) is 5.96. The van der Waals surface area contributed by atoms with Gasteiger partial charge >= 0.3 is 0 Å². The molecule has 94 valence electrons. The normalized spacial score (nSPS) is 16.4. The summed E-state index contributed by atoms with van der Waals surface area (Å²) >= 11 is 0. The number of benzene rings is 1. The standard InChI is InChI=1S/C14H15NO3/c1-3-7-10(4-2)18-15-13(16)11-8-5-6-9-12(11)14(15)17/h3,5-10H,4H2,1-2H3/b7-3+/t10-/m1/s1. The van der Waals surface area contributed by atoms with Crippen molar-refractivity contribution in [2.75, 3.05) is 0 Å². The minimum absolute atomic E-state index is 0.266. The molecule has 0 fully saturated rings. The van der Waals surface area contributed by atoms with Gasteiger partial charge in [0.1, 0.15) is 6.10 Å². The smallest absolute Gasteiger partial charge is 0.266 e. The molecular weight excluding hydrogens is 230 g/mol. The van der Waals surface area contributed by atoms with Crippen molar-refractivity contribution in [3.05, 3.63) is 47.5 Å². The van der Waals surface area contributed by atoms with E-state index >= 15 is 0 Å². The van der Waals surface area contributed by atoms with E-state index in [1.165, 1.54) is 0 Å². The number of carbonyl (C=O) groups is 2. The molecule has 4 heteroatoms. The van der Waals surface area contributed by atoms with Crippen LogP contribution in [-0.4, -0.2) is 23.0 Å². The zero-order valence-corrected chi connectivity index (χ0v) is 10.4. The first kappa shape index (κ1) is 12.5. The Bertz CT molecular complexity index is 473. The molecule has 0 saturated carbocycles. The quantitative estimate of drug-likeness (QED) is 0.605. The van der Waals surface area contributed by atoms with Crippen LogP contribution in [0.1, 0.15) is 41.0 Å². The second-order valence-electron chi connectivity index (χ2n) is 4.03. The van der Waals surface area contributed by atoms with Crippen LogP contribution in [-0.2, 0) is 4.84 Å². The van der Waals surface area contributed by atoms with Crippen molar-refractivity contribution in [1.29, 1.82) is 0 Å². The molecule has 1 atom stereocenters. The van der Waals surface area contributed by atoms with Crippen LogP contribution in [0.4, 0.5) is 0 Å². The lowest BCUT2D eigenvalue weighted by Gasteiger charge is -2.18. The average molecular weight is 245 g/mol. The monoisotopic (exact) mass is 245 g/mol. The Balaban J connectivity index is 2.23.